The second kappa shape index (κ2) is 6.60. The highest BCUT2D eigenvalue weighted by atomic mass is 32.2. The molecule has 0 bridgehead atoms. The minimum Gasteiger partial charge on any atom is -0.329 e. The van der Waals surface area contributed by atoms with E-state index in [1.54, 1.807) is 12.4 Å². The lowest BCUT2D eigenvalue weighted by molar-refractivity contribution is 0.580. The molecule has 0 amide bonds. The molecule has 0 unspecified atom stereocenters. The summed E-state index contributed by atoms with van der Waals surface area (Å²) >= 11 is 0. The van der Waals surface area contributed by atoms with E-state index < -0.39 is 10.0 Å². The lowest BCUT2D eigenvalue weighted by Crippen LogP contribution is -2.25. The molecule has 2 aromatic heterocycles. The van der Waals surface area contributed by atoms with Gasteiger partial charge in [0.05, 0.1) is 12.7 Å². The van der Waals surface area contributed by atoms with Crippen LogP contribution in [0.3, 0.4) is 0 Å². The van der Waals surface area contributed by atoms with E-state index in [1.165, 1.54) is 17.1 Å². The van der Waals surface area contributed by atoms with Crippen molar-refractivity contribution in [2.24, 2.45) is 5.73 Å². The van der Waals surface area contributed by atoms with Crippen molar-refractivity contribution in [3.63, 3.8) is 0 Å². The van der Waals surface area contributed by atoms with Crippen molar-refractivity contribution in [1.82, 2.24) is 19.5 Å². The highest BCUT2D eigenvalue weighted by molar-refractivity contribution is 7.89. The van der Waals surface area contributed by atoms with Gasteiger partial charge in [-0.15, -0.1) is 0 Å². The van der Waals surface area contributed by atoms with Crippen LogP contribution in [-0.2, 0) is 23.0 Å². The average molecular weight is 295 g/mol. The molecule has 0 aliphatic carbocycles. The van der Waals surface area contributed by atoms with Gasteiger partial charge >= 0.3 is 0 Å². The Morgan fingerprint density at radius 1 is 1.35 bits per heavy atom. The quantitative estimate of drug-likeness (QED) is 0.733. The molecular formula is C12H17N5O2S. The van der Waals surface area contributed by atoms with E-state index in [-0.39, 0.29) is 4.90 Å². The van der Waals surface area contributed by atoms with Gasteiger partial charge in [-0.1, -0.05) is 6.07 Å². The maximum Gasteiger partial charge on any atom is 0.243 e. The van der Waals surface area contributed by atoms with Gasteiger partial charge in [-0.2, -0.15) is 5.10 Å². The third-order valence-electron chi connectivity index (χ3n) is 2.71. The first-order valence-corrected chi connectivity index (χ1v) is 7.71. The molecule has 0 aliphatic heterocycles. The van der Waals surface area contributed by atoms with E-state index in [4.69, 9.17) is 5.73 Å². The maximum absolute atomic E-state index is 12.0. The highest BCUT2D eigenvalue weighted by Gasteiger charge is 2.15. The Kier molecular flexibility index (Phi) is 4.83. The van der Waals surface area contributed by atoms with Crippen molar-refractivity contribution in [3.8, 4) is 0 Å². The SMILES string of the molecule is NCCn1cc(S(=O)(=O)NCCc2cccnc2)cn1. The number of aromatic nitrogens is 3. The first kappa shape index (κ1) is 14.6. The fourth-order valence-corrected chi connectivity index (χ4v) is 2.68. The molecule has 2 rings (SSSR count). The molecule has 0 fully saturated rings. The van der Waals surface area contributed by atoms with Gasteiger partial charge in [0.1, 0.15) is 4.90 Å². The fraction of sp³-hybridized carbons (Fsp3) is 0.333. The summed E-state index contributed by atoms with van der Waals surface area (Å²) in [7, 11) is -3.52. The summed E-state index contributed by atoms with van der Waals surface area (Å²) in [5, 5.41) is 3.95. The van der Waals surface area contributed by atoms with Crippen LogP contribution < -0.4 is 10.5 Å². The topological polar surface area (TPSA) is 103 Å². The molecule has 0 aliphatic rings. The summed E-state index contributed by atoms with van der Waals surface area (Å²) in [5.41, 5.74) is 6.37. The standard InChI is InChI=1S/C12H17N5O2S/c13-4-7-17-10-12(9-15-17)20(18,19)16-6-3-11-2-1-5-14-8-11/h1-2,5,8-10,16H,3-4,6-7,13H2. The Hall–Kier alpha value is -1.77. The van der Waals surface area contributed by atoms with Crippen LogP contribution in [0.4, 0.5) is 0 Å². The summed E-state index contributed by atoms with van der Waals surface area (Å²) in [6.45, 7) is 1.22. The molecule has 2 aromatic rings. The molecule has 0 radical (unpaired) electrons. The average Bonchev–Trinajstić information content (AvgIpc) is 2.90. The zero-order chi connectivity index (χ0) is 14.4. The van der Waals surface area contributed by atoms with Crippen molar-refractivity contribution in [1.29, 1.82) is 0 Å². The molecule has 108 valence electrons. The van der Waals surface area contributed by atoms with Gasteiger partial charge in [-0.05, 0) is 18.1 Å². The summed E-state index contributed by atoms with van der Waals surface area (Å²) in [5.74, 6) is 0. The maximum atomic E-state index is 12.0. The third kappa shape index (κ3) is 3.86. The van der Waals surface area contributed by atoms with E-state index in [0.717, 1.165) is 5.56 Å². The second-order valence-corrected chi connectivity index (χ2v) is 6.00. The van der Waals surface area contributed by atoms with Gasteiger partial charge in [0.25, 0.3) is 0 Å². The van der Waals surface area contributed by atoms with E-state index in [2.05, 4.69) is 14.8 Å². The van der Waals surface area contributed by atoms with Crippen LogP contribution in [0, 0.1) is 0 Å². The summed E-state index contributed by atoms with van der Waals surface area (Å²) < 4.78 is 28.1. The van der Waals surface area contributed by atoms with Gasteiger partial charge < -0.3 is 5.73 Å². The monoisotopic (exact) mass is 295 g/mol. The van der Waals surface area contributed by atoms with Crippen molar-refractivity contribution in [2.45, 2.75) is 17.9 Å². The fourth-order valence-electron chi connectivity index (χ4n) is 1.70. The van der Waals surface area contributed by atoms with Crippen molar-refractivity contribution >= 4 is 10.0 Å². The largest absolute Gasteiger partial charge is 0.329 e. The summed E-state index contributed by atoms with van der Waals surface area (Å²) in [4.78, 5) is 4.13. The van der Waals surface area contributed by atoms with E-state index in [1.807, 2.05) is 12.1 Å². The van der Waals surface area contributed by atoms with Crippen LogP contribution in [0.5, 0.6) is 0 Å². The molecule has 0 saturated heterocycles. The molecule has 8 heteroatoms. The molecule has 3 N–H and O–H groups in total. The van der Waals surface area contributed by atoms with Crippen LogP contribution in [0.1, 0.15) is 5.56 Å². The Morgan fingerprint density at radius 2 is 2.20 bits per heavy atom. The second-order valence-electron chi connectivity index (χ2n) is 4.24. The predicted molar refractivity (Wildman–Crippen MR) is 74.4 cm³/mol. The minimum atomic E-state index is -3.52. The van der Waals surface area contributed by atoms with Gasteiger partial charge in [0.2, 0.25) is 10.0 Å². The smallest absolute Gasteiger partial charge is 0.243 e. The zero-order valence-electron chi connectivity index (χ0n) is 10.9. The molecular weight excluding hydrogens is 278 g/mol. The Morgan fingerprint density at radius 3 is 2.90 bits per heavy atom. The highest BCUT2D eigenvalue weighted by Crippen LogP contribution is 2.07. The first-order chi connectivity index (χ1) is 9.62. The van der Waals surface area contributed by atoms with Gasteiger partial charge in [0, 0.05) is 31.7 Å². The lowest BCUT2D eigenvalue weighted by Gasteiger charge is -2.04. The van der Waals surface area contributed by atoms with Crippen LogP contribution >= 0.6 is 0 Å². The Bertz CT molecular complexity index is 639. The van der Waals surface area contributed by atoms with Crippen LogP contribution in [-0.4, -0.2) is 36.3 Å². The van der Waals surface area contributed by atoms with Gasteiger partial charge in [-0.3, -0.25) is 9.67 Å². The summed E-state index contributed by atoms with van der Waals surface area (Å²) in [6.07, 6.45) is 6.78. The number of sulfonamides is 1. The van der Waals surface area contributed by atoms with Gasteiger partial charge in [0.15, 0.2) is 0 Å². The Balaban J connectivity index is 1.93. The number of hydrogen-bond acceptors (Lipinski definition) is 5. The van der Waals surface area contributed by atoms with Crippen molar-refractivity contribution in [3.05, 3.63) is 42.5 Å². The lowest BCUT2D eigenvalue weighted by atomic mass is 10.2. The van der Waals surface area contributed by atoms with Crippen molar-refractivity contribution in [2.75, 3.05) is 13.1 Å². The van der Waals surface area contributed by atoms with Crippen LogP contribution in [0.25, 0.3) is 0 Å². The number of pyridine rings is 1. The Labute approximate surface area is 117 Å². The minimum absolute atomic E-state index is 0.150. The number of nitrogens with one attached hydrogen (secondary N) is 1. The number of rotatable bonds is 7. The van der Waals surface area contributed by atoms with E-state index in [9.17, 15) is 8.42 Å². The number of hydrogen-bond donors (Lipinski definition) is 2. The van der Waals surface area contributed by atoms with Gasteiger partial charge in [-0.25, -0.2) is 13.1 Å². The predicted octanol–water partition coefficient (Wildman–Crippen LogP) is -0.242. The number of nitrogens with zero attached hydrogens (tertiary/aromatic N) is 3. The normalized spacial score (nSPS) is 11.7. The van der Waals surface area contributed by atoms with Crippen LogP contribution in [0.2, 0.25) is 0 Å². The molecule has 0 atom stereocenters. The molecule has 2 heterocycles. The zero-order valence-corrected chi connectivity index (χ0v) is 11.8. The first-order valence-electron chi connectivity index (χ1n) is 6.23. The number of nitrogens with two attached hydrogens (primary N) is 1. The van der Waals surface area contributed by atoms with Crippen LogP contribution in [0.15, 0.2) is 41.8 Å². The van der Waals surface area contributed by atoms with E-state index in [0.29, 0.717) is 26.1 Å². The molecule has 0 saturated carbocycles. The van der Waals surface area contributed by atoms with E-state index >= 15 is 0 Å². The van der Waals surface area contributed by atoms with Crippen molar-refractivity contribution < 1.29 is 8.42 Å². The molecule has 20 heavy (non-hydrogen) atoms. The molecule has 0 spiro atoms. The molecule has 0 aromatic carbocycles. The molecule has 7 nitrogen and oxygen atoms in total. The summed E-state index contributed by atoms with van der Waals surface area (Å²) in [6, 6.07) is 3.72. The third-order valence-corrected chi connectivity index (χ3v) is 4.12.